The molecule has 11 heteroatoms. The van der Waals surface area contributed by atoms with E-state index in [-0.39, 0.29) is 17.9 Å². The molecule has 0 radical (unpaired) electrons. The molecule has 2 N–H and O–H groups in total. The lowest BCUT2D eigenvalue weighted by Crippen LogP contribution is -2.31. The van der Waals surface area contributed by atoms with E-state index in [1.807, 2.05) is 54.7 Å². The van der Waals surface area contributed by atoms with Crippen LogP contribution in [0.1, 0.15) is 47.9 Å². The van der Waals surface area contributed by atoms with Crippen LogP contribution in [0.3, 0.4) is 0 Å². The quantitative estimate of drug-likeness (QED) is 0.202. The molecule has 0 spiro atoms. The fourth-order valence-corrected chi connectivity index (χ4v) is 8.66. The minimum Gasteiger partial charge on any atom is -0.481 e. The molecular weight excluding hydrogens is 646 g/mol. The number of hydrogen-bond donors (Lipinski definition) is 2. The normalized spacial score (nSPS) is 24.6. The lowest BCUT2D eigenvalue weighted by Gasteiger charge is -2.37. The molecule has 4 atom stereocenters. The Bertz CT molecular complexity index is 1970. The Morgan fingerprint density at radius 3 is 2.67 bits per heavy atom. The number of likely N-dealkylation sites (tertiary alicyclic amines) is 2. The van der Waals surface area contributed by atoms with Gasteiger partial charge in [0.15, 0.2) is 5.58 Å². The highest BCUT2D eigenvalue weighted by Crippen LogP contribution is 2.54. The van der Waals surface area contributed by atoms with Crippen molar-refractivity contribution in [2.75, 3.05) is 26.2 Å². The lowest BCUT2D eigenvalue weighted by molar-refractivity contribution is -0.141. The van der Waals surface area contributed by atoms with Crippen molar-refractivity contribution < 1.29 is 19.4 Å². The maximum Gasteiger partial charge on any atom is 0.307 e. The molecule has 2 unspecified atom stereocenters. The van der Waals surface area contributed by atoms with E-state index in [2.05, 4.69) is 41.0 Å². The average Bonchev–Trinajstić information content (AvgIpc) is 3.83. The van der Waals surface area contributed by atoms with Gasteiger partial charge < -0.3 is 14.6 Å². The molecule has 4 heterocycles. The van der Waals surface area contributed by atoms with Crippen LogP contribution < -0.4 is 0 Å². The number of carboxylic acid groups (broad SMARTS) is 1. The first-order valence-electron chi connectivity index (χ1n) is 16.2. The number of pyridine rings is 1. The van der Waals surface area contributed by atoms with Crippen molar-refractivity contribution in [3.63, 3.8) is 0 Å². The fourth-order valence-electron chi connectivity index (χ4n) is 7.12. The molecule has 48 heavy (non-hydrogen) atoms. The maximum absolute atomic E-state index is 11.5. The number of nitriles is 1. The number of benzene rings is 2. The number of β-amino-alcohol motifs (C(OH)–C–C–N with tert-alkyl or cyclic N) is 1. The third-order valence-electron chi connectivity index (χ3n) is 9.67. The van der Waals surface area contributed by atoms with Crippen molar-refractivity contribution >= 4 is 46.0 Å². The first-order valence-corrected chi connectivity index (χ1v) is 17.4. The molecule has 4 aromatic rings. The Balaban J connectivity index is 1.27. The number of aliphatic hydroxyl groups excluding tert-OH is 1. The summed E-state index contributed by atoms with van der Waals surface area (Å²) in [5, 5.41) is 31.2. The summed E-state index contributed by atoms with van der Waals surface area (Å²) in [6.07, 6.45) is 9.11. The molecule has 2 saturated heterocycles. The van der Waals surface area contributed by atoms with Gasteiger partial charge in [0, 0.05) is 49.9 Å². The predicted molar refractivity (Wildman–Crippen MR) is 185 cm³/mol. The zero-order valence-corrected chi connectivity index (χ0v) is 28.1. The maximum atomic E-state index is 11.5. The molecule has 2 aliphatic heterocycles. The van der Waals surface area contributed by atoms with E-state index in [0.717, 1.165) is 46.8 Å². The third-order valence-corrected chi connectivity index (χ3v) is 11.4. The van der Waals surface area contributed by atoms with Gasteiger partial charge in [-0.3, -0.25) is 14.6 Å². The summed E-state index contributed by atoms with van der Waals surface area (Å²) in [6.45, 7) is 6.05. The van der Waals surface area contributed by atoms with Gasteiger partial charge >= 0.3 is 5.97 Å². The monoisotopic (exact) mass is 681 g/mol. The number of oxazole rings is 1. The Labute approximate surface area is 288 Å². The molecule has 246 valence electrons. The first-order chi connectivity index (χ1) is 23.2. The number of aromatic nitrogens is 2. The molecule has 0 saturated carbocycles. The molecular formula is C37H36ClN5O4S. The van der Waals surface area contributed by atoms with Crippen LogP contribution in [-0.2, 0) is 22.6 Å². The van der Waals surface area contributed by atoms with Crippen LogP contribution in [0.5, 0.6) is 0 Å². The summed E-state index contributed by atoms with van der Waals surface area (Å²) in [5.74, 6) is -0.861. The summed E-state index contributed by atoms with van der Waals surface area (Å²) in [7, 11) is 0. The molecule has 2 fully saturated rings. The molecule has 0 amide bonds. The number of nitrogens with zero attached hydrogens (tertiary/aromatic N) is 5. The van der Waals surface area contributed by atoms with Gasteiger partial charge in [0.2, 0.25) is 5.89 Å². The minimum atomic E-state index is -0.839. The van der Waals surface area contributed by atoms with Crippen molar-refractivity contribution in [2.24, 2.45) is 11.8 Å². The number of halogens is 1. The number of aliphatic hydroxyl groups is 1. The average molecular weight is 682 g/mol. The number of carbonyl (C=O) groups is 1. The van der Waals surface area contributed by atoms with Gasteiger partial charge in [-0.05, 0) is 72.0 Å². The van der Waals surface area contributed by atoms with Crippen molar-refractivity contribution in [3.8, 4) is 6.07 Å². The minimum absolute atomic E-state index is 0.165. The van der Waals surface area contributed by atoms with Crippen LogP contribution in [0.25, 0.3) is 16.7 Å². The van der Waals surface area contributed by atoms with Gasteiger partial charge in [-0.25, -0.2) is 9.97 Å². The van der Waals surface area contributed by atoms with Crippen molar-refractivity contribution in [3.05, 3.63) is 106 Å². The molecule has 3 aliphatic rings. The highest BCUT2D eigenvalue weighted by atomic mass is 35.5. The van der Waals surface area contributed by atoms with E-state index in [1.165, 1.54) is 0 Å². The Morgan fingerprint density at radius 1 is 1.12 bits per heavy atom. The molecule has 0 bridgehead atoms. The number of rotatable bonds is 9. The van der Waals surface area contributed by atoms with Crippen molar-refractivity contribution in [1.82, 2.24) is 19.8 Å². The Morgan fingerprint density at radius 2 is 1.92 bits per heavy atom. The van der Waals surface area contributed by atoms with Crippen LogP contribution in [0, 0.1) is 23.2 Å². The second kappa shape index (κ2) is 13.5. The van der Waals surface area contributed by atoms with Gasteiger partial charge in [-0.2, -0.15) is 5.26 Å². The topological polar surface area (TPSA) is 127 Å². The van der Waals surface area contributed by atoms with Crippen molar-refractivity contribution in [2.45, 2.75) is 48.7 Å². The second-order valence-corrected chi connectivity index (χ2v) is 14.6. The van der Waals surface area contributed by atoms with Crippen molar-refractivity contribution in [1.29, 1.82) is 5.26 Å². The number of fused-ring (bicyclic) bond motifs is 1. The van der Waals surface area contributed by atoms with Crippen LogP contribution in [0.15, 0.2) is 82.4 Å². The molecule has 9 nitrogen and oxygen atoms in total. The Kier molecular flexibility index (Phi) is 9.16. The van der Waals surface area contributed by atoms with E-state index in [4.69, 9.17) is 26.0 Å². The predicted octanol–water partition coefficient (Wildman–Crippen LogP) is 6.50. The number of thioether (sulfide) groups is 1. The molecule has 2 aromatic heterocycles. The molecule has 2 aromatic carbocycles. The fraction of sp³-hybridized carbons (Fsp3) is 0.351. The molecule has 7 rings (SSSR count). The van der Waals surface area contributed by atoms with E-state index < -0.39 is 10.7 Å². The smallest absolute Gasteiger partial charge is 0.307 e. The van der Waals surface area contributed by atoms with Gasteiger partial charge in [0.05, 0.1) is 22.6 Å². The van der Waals surface area contributed by atoms with Gasteiger partial charge in [-0.15, -0.1) is 0 Å². The third kappa shape index (κ3) is 6.41. The summed E-state index contributed by atoms with van der Waals surface area (Å²) >= 11 is 8.29. The molecule has 1 aliphatic carbocycles. The SMILES string of the molecule is CC1C(c2ccccc2Cl)=CC=CC1(Sc1cc(CN2CC[C@@H](O)C2)ccn1)c1nc2cc(CN3CC[C@@H](C(=O)O)C3)cc(C#N)c2o1. The van der Waals surface area contributed by atoms with Gasteiger partial charge in [-0.1, -0.05) is 66.7 Å². The largest absolute Gasteiger partial charge is 0.481 e. The number of aliphatic carboxylic acids is 1. The first kappa shape index (κ1) is 32.6. The van der Waals surface area contributed by atoms with Crippen LogP contribution >= 0.6 is 23.4 Å². The highest BCUT2D eigenvalue weighted by Gasteiger charge is 2.46. The van der Waals surface area contributed by atoms with E-state index >= 15 is 0 Å². The van der Waals surface area contributed by atoms with Gasteiger partial charge in [0.25, 0.3) is 0 Å². The van der Waals surface area contributed by atoms with E-state index in [9.17, 15) is 20.3 Å². The van der Waals surface area contributed by atoms with Crippen LogP contribution in [-0.4, -0.2) is 68.2 Å². The highest BCUT2D eigenvalue weighted by molar-refractivity contribution is 8.00. The number of allylic oxidation sites excluding steroid dienone is 3. The van der Waals surface area contributed by atoms with Crippen LogP contribution in [0.4, 0.5) is 0 Å². The summed E-state index contributed by atoms with van der Waals surface area (Å²) < 4.78 is 5.75. The summed E-state index contributed by atoms with van der Waals surface area (Å²) in [6, 6.07) is 18.0. The zero-order valence-electron chi connectivity index (χ0n) is 26.6. The van der Waals surface area contributed by atoms with Crippen LogP contribution in [0.2, 0.25) is 5.02 Å². The zero-order chi connectivity index (χ0) is 33.4. The van der Waals surface area contributed by atoms with E-state index in [0.29, 0.717) is 60.2 Å². The number of carboxylic acids is 1. The summed E-state index contributed by atoms with van der Waals surface area (Å²) in [5.41, 5.74) is 5.34. The number of hydrogen-bond acceptors (Lipinski definition) is 9. The standard InChI is InChI=1S/C37H36ClN5O4S/c1-23-29(30-5-2-3-7-31(30)38)6-4-11-37(23,48-33-17-24(8-12-40-33)19-43-14-10-28(44)22-43)36-41-32-16-25(15-27(18-39)34(32)47-36)20-42-13-9-26(21-42)35(45)46/h2-8,11-12,15-17,23,26,28,44H,9-10,13-14,19-22H2,1H3,(H,45,46)/t23?,26-,28-,37?/m1/s1. The lowest BCUT2D eigenvalue weighted by atomic mass is 9.79. The summed E-state index contributed by atoms with van der Waals surface area (Å²) in [4.78, 5) is 25.7. The van der Waals surface area contributed by atoms with E-state index in [1.54, 1.807) is 11.8 Å². The second-order valence-electron chi connectivity index (χ2n) is 12.9. The van der Waals surface area contributed by atoms with Gasteiger partial charge in [0.1, 0.15) is 16.3 Å². The Hall–Kier alpha value is -3.98.